The Hall–Kier alpha value is -2.77. The number of benzene rings is 2. The zero-order valence-electron chi connectivity index (χ0n) is 17.6. The van der Waals surface area contributed by atoms with Crippen molar-refractivity contribution in [3.05, 3.63) is 63.6 Å². The lowest BCUT2D eigenvalue weighted by Crippen LogP contribution is -2.45. The van der Waals surface area contributed by atoms with Crippen molar-refractivity contribution in [3.8, 4) is 5.75 Å². The Kier molecular flexibility index (Phi) is 8.36. The van der Waals surface area contributed by atoms with E-state index in [1.54, 1.807) is 37.3 Å². The molecule has 1 aliphatic carbocycles. The van der Waals surface area contributed by atoms with E-state index in [-0.39, 0.29) is 34.0 Å². The van der Waals surface area contributed by atoms with Crippen molar-refractivity contribution in [2.45, 2.75) is 38.3 Å². The molecule has 32 heavy (non-hydrogen) atoms. The fraction of sp³-hybridized carbons (Fsp3) is 0.348. The van der Waals surface area contributed by atoms with Gasteiger partial charge in [0.1, 0.15) is 11.8 Å². The second kappa shape index (κ2) is 11.2. The quantitative estimate of drug-likeness (QED) is 0.489. The van der Waals surface area contributed by atoms with E-state index in [2.05, 4.69) is 16.0 Å². The molecular weight excluding hydrogens is 453 g/mol. The number of hydrogen-bond acceptors (Lipinski definition) is 4. The number of amides is 3. The van der Waals surface area contributed by atoms with Crippen LogP contribution >= 0.6 is 23.2 Å². The maximum absolute atomic E-state index is 12.3. The van der Waals surface area contributed by atoms with E-state index >= 15 is 0 Å². The maximum atomic E-state index is 12.3. The number of hydrogen-bond donors (Lipinski definition) is 3. The predicted octanol–water partition coefficient (Wildman–Crippen LogP) is 3.13. The van der Waals surface area contributed by atoms with Gasteiger partial charge in [-0.1, -0.05) is 41.4 Å². The average molecular weight is 478 g/mol. The summed E-state index contributed by atoms with van der Waals surface area (Å²) in [5.41, 5.74) is 1.22. The molecule has 0 saturated heterocycles. The molecule has 1 saturated carbocycles. The van der Waals surface area contributed by atoms with Crippen molar-refractivity contribution in [1.29, 1.82) is 0 Å². The lowest BCUT2D eigenvalue weighted by molar-refractivity contribution is -0.123. The fourth-order valence-electron chi connectivity index (χ4n) is 2.90. The van der Waals surface area contributed by atoms with Crippen molar-refractivity contribution < 1.29 is 19.1 Å². The van der Waals surface area contributed by atoms with Crippen molar-refractivity contribution >= 4 is 40.9 Å². The third kappa shape index (κ3) is 7.14. The van der Waals surface area contributed by atoms with Crippen LogP contribution in [0.4, 0.5) is 0 Å². The molecule has 0 heterocycles. The molecule has 0 bridgehead atoms. The van der Waals surface area contributed by atoms with Gasteiger partial charge in [0.05, 0.1) is 15.6 Å². The van der Waals surface area contributed by atoms with Crippen LogP contribution in [0.2, 0.25) is 10.0 Å². The van der Waals surface area contributed by atoms with Gasteiger partial charge in [0.2, 0.25) is 5.91 Å². The number of ether oxygens (including phenoxy) is 1. The van der Waals surface area contributed by atoms with Gasteiger partial charge in [-0.25, -0.2) is 0 Å². The summed E-state index contributed by atoms with van der Waals surface area (Å²) in [5, 5.41) is 8.70. The standard InChI is InChI=1S/C23H25Cl2N3O4/c1-14(27-23(31)18-3-2-4-19(24)21(18)25)22(30)26-12-11-15-5-9-17(10-6-15)32-13-20(29)28-16-7-8-16/h2-6,9-10,14,16H,7-8,11-13H2,1H3,(H,26,30)(H,27,31)(H,28,29). The first-order valence-electron chi connectivity index (χ1n) is 10.4. The number of carbonyl (C=O) groups excluding carboxylic acids is 3. The van der Waals surface area contributed by atoms with Gasteiger partial charge in [-0.15, -0.1) is 0 Å². The van der Waals surface area contributed by atoms with E-state index in [1.807, 2.05) is 12.1 Å². The Bertz CT molecular complexity index is 978. The fourth-order valence-corrected chi connectivity index (χ4v) is 3.29. The molecule has 3 N–H and O–H groups in total. The van der Waals surface area contributed by atoms with E-state index in [0.29, 0.717) is 24.8 Å². The van der Waals surface area contributed by atoms with E-state index in [0.717, 1.165) is 18.4 Å². The average Bonchev–Trinajstić information content (AvgIpc) is 3.58. The van der Waals surface area contributed by atoms with Crippen molar-refractivity contribution in [3.63, 3.8) is 0 Å². The monoisotopic (exact) mass is 477 g/mol. The predicted molar refractivity (Wildman–Crippen MR) is 123 cm³/mol. The van der Waals surface area contributed by atoms with Gasteiger partial charge in [0.25, 0.3) is 11.8 Å². The largest absolute Gasteiger partial charge is 0.484 e. The molecule has 1 atom stereocenters. The minimum atomic E-state index is -0.741. The minimum absolute atomic E-state index is 0.00406. The van der Waals surface area contributed by atoms with Crippen molar-refractivity contribution in [1.82, 2.24) is 16.0 Å². The highest BCUT2D eigenvalue weighted by Gasteiger charge is 2.23. The second-order valence-corrected chi connectivity index (χ2v) is 8.40. The molecule has 0 radical (unpaired) electrons. The third-order valence-corrected chi connectivity index (χ3v) is 5.70. The summed E-state index contributed by atoms with van der Waals surface area (Å²) in [7, 11) is 0. The highest BCUT2D eigenvalue weighted by atomic mass is 35.5. The summed E-state index contributed by atoms with van der Waals surface area (Å²) in [6, 6.07) is 11.7. The molecule has 9 heteroatoms. The van der Waals surface area contributed by atoms with Crippen LogP contribution in [0, 0.1) is 0 Å². The summed E-state index contributed by atoms with van der Waals surface area (Å²) in [6.07, 6.45) is 2.69. The molecule has 3 rings (SSSR count). The lowest BCUT2D eigenvalue weighted by Gasteiger charge is -2.15. The van der Waals surface area contributed by atoms with Crippen molar-refractivity contribution in [2.75, 3.05) is 13.2 Å². The summed E-state index contributed by atoms with van der Waals surface area (Å²) in [4.78, 5) is 36.3. The summed E-state index contributed by atoms with van der Waals surface area (Å²) < 4.78 is 5.48. The molecule has 0 spiro atoms. The van der Waals surface area contributed by atoms with Gasteiger partial charge in [0, 0.05) is 12.6 Å². The molecule has 1 fully saturated rings. The first-order valence-corrected chi connectivity index (χ1v) is 11.1. The van der Waals surface area contributed by atoms with Crippen LogP contribution in [0.25, 0.3) is 0 Å². The highest BCUT2D eigenvalue weighted by molar-refractivity contribution is 6.43. The smallest absolute Gasteiger partial charge is 0.258 e. The summed E-state index contributed by atoms with van der Waals surface area (Å²) in [5.74, 6) is -0.280. The highest BCUT2D eigenvalue weighted by Crippen LogP contribution is 2.25. The van der Waals surface area contributed by atoms with Crippen LogP contribution in [0.15, 0.2) is 42.5 Å². The van der Waals surface area contributed by atoms with E-state index in [1.165, 1.54) is 0 Å². The Morgan fingerprint density at radius 1 is 1.09 bits per heavy atom. The van der Waals surface area contributed by atoms with E-state index in [9.17, 15) is 14.4 Å². The lowest BCUT2D eigenvalue weighted by atomic mass is 10.1. The molecule has 170 valence electrons. The van der Waals surface area contributed by atoms with E-state index < -0.39 is 11.9 Å². The van der Waals surface area contributed by atoms with Crippen molar-refractivity contribution in [2.24, 2.45) is 0 Å². The van der Waals surface area contributed by atoms with Gasteiger partial charge >= 0.3 is 0 Å². The Balaban J connectivity index is 1.38. The maximum Gasteiger partial charge on any atom is 0.258 e. The topological polar surface area (TPSA) is 96.5 Å². The molecule has 0 aromatic heterocycles. The van der Waals surface area contributed by atoms with Crippen LogP contribution in [0.1, 0.15) is 35.7 Å². The summed E-state index contributed by atoms with van der Waals surface area (Å²) >= 11 is 12.0. The molecule has 0 aliphatic heterocycles. The SMILES string of the molecule is CC(NC(=O)c1cccc(Cl)c1Cl)C(=O)NCCc1ccc(OCC(=O)NC2CC2)cc1. The van der Waals surface area contributed by atoms with Gasteiger partial charge in [-0.3, -0.25) is 14.4 Å². The second-order valence-electron chi connectivity index (χ2n) is 7.61. The Morgan fingerprint density at radius 3 is 2.50 bits per heavy atom. The minimum Gasteiger partial charge on any atom is -0.484 e. The molecular formula is C23H25Cl2N3O4. The van der Waals surface area contributed by atoms with Crippen LogP contribution in [-0.2, 0) is 16.0 Å². The molecule has 1 unspecified atom stereocenters. The molecule has 1 aliphatic rings. The van der Waals surface area contributed by atoms with Crippen LogP contribution in [0.5, 0.6) is 5.75 Å². The van der Waals surface area contributed by atoms with E-state index in [4.69, 9.17) is 27.9 Å². The Morgan fingerprint density at radius 2 is 1.81 bits per heavy atom. The molecule has 7 nitrogen and oxygen atoms in total. The van der Waals surface area contributed by atoms with Crippen LogP contribution in [0.3, 0.4) is 0 Å². The van der Waals surface area contributed by atoms with Crippen LogP contribution < -0.4 is 20.7 Å². The number of nitrogens with one attached hydrogen (secondary N) is 3. The van der Waals surface area contributed by atoms with Crippen LogP contribution in [-0.4, -0.2) is 43.0 Å². The Labute approximate surface area is 196 Å². The normalized spacial score (nSPS) is 13.7. The number of halogens is 2. The zero-order valence-corrected chi connectivity index (χ0v) is 19.1. The van der Waals surface area contributed by atoms with Gasteiger partial charge in [0.15, 0.2) is 6.61 Å². The van der Waals surface area contributed by atoms with Gasteiger partial charge in [-0.05, 0) is 56.0 Å². The number of carbonyl (C=O) groups is 3. The third-order valence-electron chi connectivity index (χ3n) is 4.89. The molecule has 2 aromatic carbocycles. The summed E-state index contributed by atoms with van der Waals surface area (Å²) in [6.45, 7) is 1.99. The van der Waals surface area contributed by atoms with Gasteiger partial charge in [-0.2, -0.15) is 0 Å². The molecule has 2 aromatic rings. The van der Waals surface area contributed by atoms with Gasteiger partial charge < -0.3 is 20.7 Å². The first kappa shape index (κ1) is 23.9. The first-order chi connectivity index (χ1) is 15.3. The molecule has 3 amide bonds. The number of rotatable bonds is 10. The zero-order chi connectivity index (χ0) is 23.1.